The molecule has 2 heterocycles. The maximum atomic E-state index is 13.0. The first kappa shape index (κ1) is 18.4. The number of carbonyl (C=O) groups is 2. The summed E-state index contributed by atoms with van der Waals surface area (Å²) in [6.07, 6.45) is 7.77. The molecule has 0 bridgehead atoms. The summed E-state index contributed by atoms with van der Waals surface area (Å²) in [7, 11) is 1.28. The standard InChI is InChI=1S/C18H22N4O3/c1-5-6-8-13-11-19-16(20-13)14-9-7-10-22(14)17(23)15(12(2)3)21-18(24)25-4/h1,11-12,14-15H,7,9-10H2,2-4H3,(H,19,20)(H,21,24)/t14-,15-/m1/s1. The van der Waals surface area contributed by atoms with Crippen LogP contribution < -0.4 is 5.32 Å². The number of likely N-dealkylation sites (tertiary alicyclic amines) is 1. The monoisotopic (exact) mass is 342 g/mol. The number of aromatic nitrogens is 2. The lowest BCUT2D eigenvalue weighted by molar-refractivity contribution is -0.135. The molecule has 2 N–H and O–H groups in total. The molecule has 25 heavy (non-hydrogen) atoms. The van der Waals surface area contributed by atoms with Crippen LogP contribution >= 0.6 is 0 Å². The van der Waals surface area contributed by atoms with Crippen molar-refractivity contribution < 1.29 is 14.3 Å². The molecule has 2 atom stereocenters. The predicted octanol–water partition coefficient (Wildman–Crippen LogP) is 1.44. The van der Waals surface area contributed by atoms with Gasteiger partial charge in [0.15, 0.2) is 0 Å². The van der Waals surface area contributed by atoms with Crippen molar-refractivity contribution in [1.29, 1.82) is 0 Å². The molecule has 1 aromatic heterocycles. The summed E-state index contributed by atoms with van der Waals surface area (Å²) in [6, 6.07) is -0.821. The fourth-order valence-electron chi connectivity index (χ4n) is 2.87. The van der Waals surface area contributed by atoms with Crippen LogP contribution in [0.2, 0.25) is 0 Å². The minimum atomic E-state index is -0.649. The van der Waals surface area contributed by atoms with Crippen LogP contribution in [-0.2, 0) is 9.53 Å². The Kier molecular flexibility index (Phi) is 6.08. The second kappa shape index (κ2) is 8.25. The molecule has 1 aliphatic rings. The van der Waals surface area contributed by atoms with E-state index >= 15 is 0 Å². The summed E-state index contributed by atoms with van der Waals surface area (Å²) in [6.45, 7) is 4.37. The molecule has 0 unspecified atom stereocenters. The fourth-order valence-corrected chi connectivity index (χ4v) is 2.87. The first-order valence-electron chi connectivity index (χ1n) is 8.14. The van der Waals surface area contributed by atoms with Gasteiger partial charge >= 0.3 is 6.09 Å². The van der Waals surface area contributed by atoms with E-state index in [2.05, 4.69) is 37.8 Å². The van der Waals surface area contributed by atoms with Gasteiger partial charge in [-0.15, -0.1) is 6.42 Å². The van der Waals surface area contributed by atoms with Gasteiger partial charge in [0, 0.05) is 6.54 Å². The van der Waals surface area contributed by atoms with Crippen molar-refractivity contribution in [3.05, 3.63) is 17.7 Å². The molecule has 0 aliphatic carbocycles. The third kappa shape index (κ3) is 4.33. The van der Waals surface area contributed by atoms with Gasteiger partial charge in [-0.1, -0.05) is 13.8 Å². The largest absolute Gasteiger partial charge is 0.453 e. The quantitative estimate of drug-likeness (QED) is 0.811. The van der Waals surface area contributed by atoms with E-state index in [4.69, 9.17) is 6.42 Å². The third-order valence-corrected chi connectivity index (χ3v) is 4.11. The lowest BCUT2D eigenvalue weighted by atomic mass is 10.0. The van der Waals surface area contributed by atoms with Crippen LogP contribution in [-0.4, -0.2) is 46.6 Å². The van der Waals surface area contributed by atoms with E-state index in [0.29, 0.717) is 18.1 Å². The minimum Gasteiger partial charge on any atom is -0.453 e. The Morgan fingerprint density at radius 1 is 1.52 bits per heavy atom. The van der Waals surface area contributed by atoms with Gasteiger partial charge in [-0.2, -0.15) is 0 Å². The van der Waals surface area contributed by atoms with Crippen LogP contribution in [0.1, 0.15) is 44.2 Å². The summed E-state index contributed by atoms with van der Waals surface area (Å²) in [5.74, 6) is 8.01. The minimum absolute atomic E-state index is 0.0680. The molecule has 1 fully saturated rings. The SMILES string of the molecule is C#CC#Cc1cnc([C@H]2CCCN2C(=O)[C@H](NC(=O)OC)C(C)C)[nH]1. The molecular formula is C18H22N4O3. The highest BCUT2D eigenvalue weighted by atomic mass is 16.5. The van der Waals surface area contributed by atoms with Gasteiger partial charge in [0.25, 0.3) is 0 Å². The highest BCUT2D eigenvalue weighted by molar-refractivity contribution is 5.86. The second-order valence-corrected chi connectivity index (χ2v) is 6.12. The van der Waals surface area contributed by atoms with Gasteiger partial charge in [-0.25, -0.2) is 9.78 Å². The number of H-pyrrole nitrogens is 1. The number of alkyl carbamates (subject to hydrolysis) is 1. The van der Waals surface area contributed by atoms with Gasteiger partial charge in [-0.3, -0.25) is 4.79 Å². The Morgan fingerprint density at radius 3 is 2.92 bits per heavy atom. The molecule has 2 amide bonds. The molecular weight excluding hydrogens is 320 g/mol. The van der Waals surface area contributed by atoms with Gasteiger partial charge in [0.2, 0.25) is 5.91 Å². The zero-order chi connectivity index (χ0) is 18.4. The van der Waals surface area contributed by atoms with Gasteiger partial charge in [-0.05, 0) is 36.5 Å². The van der Waals surface area contributed by atoms with E-state index in [1.54, 1.807) is 11.1 Å². The van der Waals surface area contributed by atoms with Crippen LogP contribution in [0, 0.1) is 30.1 Å². The fraction of sp³-hybridized carbons (Fsp3) is 0.500. The summed E-state index contributed by atoms with van der Waals surface area (Å²) >= 11 is 0. The van der Waals surface area contributed by atoms with Crippen molar-refractivity contribution in [2.75, 3.05) is 13.7 Å². The first-order chi connectivity index (χ1) is 12.0. The Balaban J connectivity index is 2.19. The van der Waals surface area contributed by atoms with Crippen LogP contribution in [0.4, 0.5) is 4.79 Å². The molecule has 7 heteroatoms. The summed E-state index contributed by atoms with van der Waals surface area (Å²) < 4.78 is 4.63. The van der Waals surface area contributed by atoms with Crippen LogP contribution in [0.3, 0.4) is 0 Å². The molecule has 0 spiro atoms. The van der Waals surface area contributed by atoms with Gasteiger partial charge < -0.3 is 19.9 Å². The predicted molar refractivity (Wildman–Crippen MR) is 92.2 cm³/mol. The highest BCUT2D eigenvalue weighted by Crippen LogP contribution is 2.31. The zero-order valence-corrected chi connectivity index (χ0v) is 14.6. The zero-order valence-electron chi connectivity index (χ0n) is 14.6. The van der Waals surface area contributed by atoms with Gasteiger partial charge in [0.05, 0.1) is 19.3 Å². The van der Waals surface area contributed by atoms with E-state index in [1.165, 1.54) is 7.11 Å². The Hall–Kier alpha value is -2.93. The number of hydrogen-bond acceptors (Lipinski definition) is 4. The number of imidazole rings is 1. The summed E-state index contributed by atoms with van der Waals surface area (Å²) in [4.78, 5) is 33.7. The summed E-state index contributed by atoms with van der Waals surface area (Å²) in [5.41, 5.74) is 0.611. The second-order valence-electron chi connectivity index (χ2n) is 6.12. The van der Waals surface area contributed by atoms with Gasteiger partial charge in [0.1, 0.15) is 17.6 Å². The van der Waals surface area contributed by atoms with E-state index < -0.39 is 12.1 Å². The van der Waals surface area contributed by atoms with E-state index in [9.17, 15) is 9.59 Å². The first-order valence-corrected chi connectivity index (χ1v) is 8.14. The number of nitrogens with zero attached hydrogens (tertiary/aromatic N) is 2. The Morgan fingerprint density at radius 2 is 2.28 bits per heavy atom. The molecule has 0 radical (unpaired) electrons. The number of methoxy groups -OCH3 is 1. The van der Waals surface area contributed by atoms with Crippen LogP contribution in [0.15, 0.2) is 6.20 Å². The van der Waals surface area contributed by atoms with Crippen LogP contribution in [0.25, 0.3) is 0 Å². The Bertz CT molecular complexity index is 735. The van der Waals surface area contributed by atoms with E-state index in [0.717, 1.165) is 12.8 Å². The van der Waals surface area contributed by atoms with Crippen molar-refractivity contribution in [3.63, 3.8) is 0 Å². The van der Waals surface area contributed by atoms with Crippen molar-refractivity contribution in [2.45, 2.75) is 38.8 Å². The van der Waals surface area contributed by atoms with Crippen LogP contribution in [0.5, 0.6) is 0 Å². The maximum Gasteiger partial charge on any atom is 0.407 e. The van der Waals surface area contributed by atoms with Crippen molar-refractivity contribution in [1.82, 2.24) is 20.2 Å². The average molecular weight is 342 g/mol. The molecule has 1 saturated heterocycles. The van der Waals surface area contributed by atoms with E-state index in [-0.39, 0.29) is 17.9 Å². The number of terminal acetylenes is 1. The molecule has 0 saturated carbocycles. The maximum absolute atomic E-state index is 13.0. The molecule has 132 valence electrons. The smallest absolute Gasteiger partial charge is 0.407 e. The third-order valence-electron chi connectivity index (χ3n) is 4.11. The normalized spacial score (nSPS) is 17.4. The molecule has 2 rings (SSSR count). The molecule has 7 nitrogen and oxygen atoms in total. The number of aromatic amines is 1. The molecule has 0 aromatic carbocycles. The van der Waals surface area contributed by atoms with E-state index in [1.807, 2.05) is 13.8 Å². The average Bonchev–Trinajstić information content (AvgIpc) is 3.25. The number of nitrogens with one attached hydrogen (secondary N) is 2. The lowest BCUT2D eigenvalue weighted by Gasteiger charge is -2.29. The highest BCUT2D eigenvalue weighted by Gasteiger charge is 2.37. The van der Waals surface area contributed by atoms with Crippen molar-refractivity contribution in [2.24, 2.45) is 5.92 Å². The molecule has 1 aromatic rings. The number of hydrogen-bond donors (Lipinski definition) is 2. The van der Waals surface area contributed by atoms with Crippen molar-refractivity contribution in [3.8, 4) is 24.2 Å². The van der Waals surface area contributed by atoms with Crippen molar-refractivity contribution >= 4 is 12.0 Å². The number of carbonyl (C=O) groups excluding carboxylic acids is 2. The Labute approximate surface area is 147 Å². The molecule has 1 aliphatic heterocycles. The number of amides is 2. The number of rotatable bonds is 4. The topological polar surface area (TPSA) is 87.3 Å². The number of ether oxygens (including phenoxy) is 1. The lowest BCUT2D eigenvalue weighted by Crippen LogP contribution is -2.51. The summed E-state index contributed by atoms with van der Waals surface area (Å²) in [5, 5.41) is 2.62.